The molecular formula is C24H27ClN2O3S. The Morgan fingerprint density at radius 1 is 1.00 bits per heavy atom. The Balaban J connectivity index is 1.39. The predicted molar refractivity (Wildman–Crippen MR) is 122 cm³/mol. The lowest BCUT2D eigenvalue weighted by Gasteiger charge is -2.56. The lowest BCUT2D eigenvalue weighted by molar-refractivity contribution is -0.0167. The third-order valence-electron chi connectivity index (χ3n) is 7.17. The molecule has 31 heavy (non-hydrogen) atoms. The van der Waals surface area contributed by atoms with Crippen LogP contribution in [-0.2, 0) is 10.0 Å². The largest absolute Gasteiger partial charge is 0.347 e. The van der Waals surface area contributed by atoms with Crippen molar-refractivity contribution in [1.82, 2.24) is 5.32 Å². The van der Waals surface area contributed by atoms with Crippen molar-refractivity contribution in [2.24, 2.45) is 17.8 Å². The number of halogens is 1. The molecular weight excluding hydrogens is 432 g/mol. The number of hydrogen-bond acceptors (Lipinski definition) is 3. The Morgan fingerprint density at radius 2 is 1.65 bits per heavy atom. The number of anilines is 1. The lowest BCUT2D eigenvalue weighted by atomic mass is 9.53. The van der Waals surface area contributed by atoms with Crippen molar-refractivity contribution in [3.05, 3.63) is 58.6 Å². The van der Waals surface area contributed by atoms with Crippen molar-refractivity contribution < 1.29 is 13.2 Å². The molecule has 164 valence electrons. The molecule has 0 radical (unpaired) electrons. The van der Waals surface area contributed by atoms with E-state index in [0.29, 0.717) is 29.0 Å². The van der Waals surface area contributed by atoms with Crippen molar-refractivity contribution in [2.45, 2.75) is 55.9 Å². The molecule has 4 fully saturated rings. The summed E-state index contributed by atoms with van der Waals surface area (Å²) in [6, 6.07) is 11.6. The second-order valence-corrected chi connectivity index (χ2v) is 11.8. The molecule has 0 aromatic heterocycles. The van der Waals surface area contributed by atoms with Crippen LogP contribution in [0.15, 0.2) is 47.4 Å². The van der Waals surface area contributed by atoms with E-state index in [9.17, 15) is 13.2 Å². The Morgan fingerprint density at radius 3 is 2.26 bits per heavy atom. The molecule has 0 unspecified atom stereocenters. The molecule has 7 heteroatoms. The van der Waals surface area contributed by atoms with Gasteiger partial charge >= 0.3 is 0 Å². The van der Waals surface area contributed by atoms with Gasteiger partial charge in [-0.05, 0) is 99.1 Å². The SMILES string of the molecule is Cc1cccc(NS(=O)(=O)c2cc(C(=O)NC34CC5CC(CC(C5)C3)C4)ccc2Cl)c1. The van der Waals surface area contributed by atoms with Crippen LogP contribution in [0.25, 0.3) is 0 Å². The molecule has 4 aliphatic carbocycles. The second kappa shape index (κ2) is 7.52. The van der Waals surface area contributed by atoms with Gasteiger partial charge in [-0.2, -0.15) is 0 Å². The molecule has 2 N–H and O–H groups in total. The van der Waals surface area contributed by atoms with E-state index in [1.807, 2.05) is 13.0 Å². The summed E-state index contributed by atoms with van der Waals surface area (Å²) in [6.07, 6.45) is 7.00. The van der Waals surface area contributed by atoms with Gasteiger partial charge in [0.25, 0.3) is 15.9 Å². The number of benzene rings is 2. The van der Waals surface area contributed by atoms with Gasteiger partial charge in [0, 0.05) is 16.8 Å². The quantitative estimate of drug-likeness (QED) is 0.650. The van der Waals surface area contributed by atoms with Crippen LogP contribution in [0.1, 0.15) is 54.4 Å². The molecule has 4 bridgehead atoms. The summed E-state index contributed by atoms with van der Waals surface area (Å²) in [5, 5.41) is 3.39. The third kappa shape index (κ3) is 4.08. The summed E-state index contributed by atoms with van der Waals surface area (Å²) in [4.78, 5) is 13.1. The first-order chi connectivity index (χ1) is 14.7. The Labute approximate surface area is 188 Å². The van der Waals surface area contributed by atoms with Gasteiger partial charge in [-0.3, -0.25) is 9.52 Å². The van der Waals surface area contributed by atoms with E-state index in [1.54, 1.807) is 24.3 Å². The number of carbonyl (C=O) groups is 1. The molecule has 4 aliphatic rings. The molecule has 2 aromatic carbocycles. The van der Waals surface area contributed by atoms with Gasteiger partial charge in [0.2, 0.25) is 0 Å². The van der Waals surface area contributed by atoms with Crippen molar-refractivity contribution in [3.8, 4) is 0 Å². The minimum atomic E-state index is -3.93. The average Bonchev–Trinajstić information content (AvgIpc) is 2.66. The Bertz CT molecular complexity index is 1110. The van der Waals surface area contributed by atoms with Crippen LogP contribution < -0.4 is 10.0 Å². The van der Waals surface area contributed by atoms with E-state index in [2.05, 4.69) is 10.0 Å². The Hall–Kier alpha value is -2.05. The van der Waals surface area contributed by atoms with Gasteiger partial charge in [-0.1, -0.05) is 23.7 Å². The van der Waals surface area contributed by atoms with E-state index in [4.69, 9.17) is 11.6 Å². The first-order valence-electron chi connectivity index (χ1n) is 10.9. The first-order valence-corrected chi connectivity index (χ1v) is 12.8. The normalized spacial score (nSPS) is 29.0. The highest BCUT2D eigenvalue weighted by molar-refractivity contribution is 7.92. The van der Waals surface area contributed by atoms with Crippen LogP contribution in [0.4, 0.5) is 5.69 Å². The van der Waals surface area contributed by atoms with Crippen LogP contribution >= 0.6 is 11.6 Å². The third-order valence-corrected chi connectivity index (χ3v) is 9.03. The lowest BCUT2D eigenvalue weighted by Crippen LogP contribution is -2.59. The number of nitrogens with one attached hydrogen (secondary N) is 2. The van der Waals surface area contributed by atoms with E-state index < -0.39 is 10.0 Å². The van der Waals surface area contributed by atoms with Crippen LogP contribution in [0.5, 0.6) is 0 Å². The number of aryl methyl sites for hydroxylation is 1. The molecule has 0 atom stereocenters. The summed E-state index contributed by atoms with van der Waals surface area (Å²) in [5.74, 6) is 1.93. The van der Waals surface area contributed by atoms with Crippen LogP contribution in [0, 0.1) is 24.7 Å². The molecule has 0 heterocycles. The fourth-order valence-electron chi connectivity index (χ4n) is 6.35. The predicted octanol–water partition coefficient (Wildman–Crippen LogP) is 5.15. The van der Waals surface area contributed by atoms with Crippen molar-refractivity contribution >= 4 is 33.2 Å². The summed E-state index contributed by atoms with van der Waals surface area (Å²) in [6.45, 7) is 1.89. The van der Waals surface area contributed by atoms with E-state index in [1.165, 1.54) is 31.4 Å². The Kier molecular flexibility index (Phi) is 5.05. The van der Waals surface area contributed by atoms with Crippen LogP contribution in [-0.4, -0.2) is 19.9 Å². The van der Waals surface area contributed by atoms with Gasteiger partial charge in [-0.15, -0.1) is 0 Å². The smallest absolute Gasteiger partial charge is 0.263 e. The minimum Gasteiger partial charge on any atom is -0.347 e. The molecule has 1 amide bonds. The highest BCUT2D eigenvalue weighted by Crippen LogP contribution is 2.55. The van der Waals surface area contributed by atoms with Gasteiger partial charge in [0.15, 0.2) is 0 Å². The number of sulfonamides is 1. The first kappa shape index (κ1) is 20.8. The maximum absolute atomic E-state index is 13.2. The van der Waals surface area contributed by atoms with E-state index in [-0.39, 0.29) is 21.4 Å². The monoisotopic (exact) mass is 458 g/mol. The molecule has 2 aromatic rings. The molecule has 5 nitrogen and oxygen atoms in total. The fourth-order valence-corrected chi connectivity index (χ4v) is 7.92. The summed E-state index contributed by atoms with van der Waals surface area (Å²) in [7, 11) is -3.93. The average molecular weight is 459 g/mol. The van der Waals surface area contributed by atoms with Crippen molar-refractivity contribution in [1.29, 1.82) is 0 Å². The summed E-state index contributed by atoms with van der Waals surface area (Å²) >= 11 is 6.23. The van der Waals surface area contributed by atoms with Gasteiger partial charge < -0.3 is 5.32 Å². The van der Waals surface area contributed by atoms with Gasteiger partial charge in [-0.25, -0.2) is 8.42 Å². The zero-order valence-corrected chi connectivity index (χ0v) is 19.1. The summed E-state index contributed by atoms with van der Waals surface area (Å²) in [5.41, 5.74) is 1.59. The van der Waals surface area contributed by atoms with Crippen molar-refractivity contribution in [2.75, 3.05) is 4.72 Å². The molecule has 6 rings (SSSR count). The number of hydrogen-bond donors (Lipinski definition) is 2. The van der Waals surface area contributed by atoms with Gasteiger partial charge in [0.1, 0.15) is 4.90 Å². The van der Waals surface area contributed by atoms with Crippen molar-refractivity contribution in [3.63, 3.8) is 0 Å². The van der Waals surface area contributed by atoms with Crippen LogP contribution in [0.3, 0.4) is 0 Å². The standard InChI is InChI=1S/C24H27ClN2O3S/c1-15-3-2-4-20(7-15)27-31(29,30)22-11-19(5-6-21(22)25)23(28)26-24-12-16-8-17(13-24)10-18(9-16)14-24/h2-7,11,16-18,27H,8-10,12-14H2,1H3,(H,26,28). The number of rotatable bonds is 5. The highest BCUT2D eigenvalue weighted by atomic mass is 35.5. The molecule has 0 aliphatic heterocycles. The van der Waals surface area contributed by atoms with E-state index in [0.717, 1.165) is 24.8 Å². The maximum Gasteiger partial charge on any atom is 0.263 e. The van der Waals surface area contributed by atoms with Crippen LogP contribution in [0.2, 0.25) is 5.02 Å². The topological polar surface area (TPSA) is 75.3 Å². The van der Waals surface area contributed by atoms with E-state index >= 15 is 0 Å². The molecule has 4 saturated carbocycles. The number of amides is 1. The maximum atomic E-state index is 13.2. The highest BCUT2D eigenvalue weighted by Gasteiger charge is 2.51. The molecule has 0 spiro atoms. The zero-order chi connectivity index (χ0) is 21.8. The number of carbonyl (C=O) groups excluding carboxylic acids is 1. The zero-order valence-electron chi connectivity index (χ0n) is 17.5. The second-order valence-electron chi connectivity index (χ2n) is 9.77. The minimum absolute atomic E-state index is 0.0890. The molecule has 0 saturated heterocycles. The van der Waals surface area contributed by atoms with Gasteiger partial charge in [0.05, 0.1) is 5.02 Å². The summed E-state index contributed by atoms with van der Waals surface area (Å²) < 4.78 is 28.5. The fraction of sp³-hybridized carbons (Fsp3) is 0.458.